The number of nitrogens with one attached hydrogen (secondary N) is 3. The van der Waals surface area contributed by atoms with E-state index < -0.39 is 18.5 Å². The summed E-state index contributed by atoms with van der Waals surface area (Å²) in [5, 5.41) is 39.1. The maximum absolute atomic E-state index is 13.3. The number of benzene rings is 3. The fraction of sp³-hybridized carbons (Fsp3) is 0.267. The Morgan fingerprint density at radius 3 is 2.33 bits per heavy atom. The van der Waals surface area contributed by atoms with Crippen LogP contribution in [0.5, 0.6) is 5.75 Å². The van der Waals surface area contributed by atoms with Crippen LogP contribution in [0, 0.1) is 6.92 Å². The van der Waals surface area contributed by atoms with E-state index in [9.17, 15) is 24.6 Å². The van der Waals surface area contributed by atoms with Gasteiger partial charge in [0.15, 0.2) is 5.84 Å². The van der Waals surface area contributed by atoms with Crippen LogP contribution in [-0.2, 0) is 22.6 Å². The molecule has 12 heteroatoms. The predicted molar refractivity (Wildman–Crippen MR) is 159 cm³/mol. The lowest BCUT2D eigenvalue weighted by Gasteiger charge is -2.21. The van der Waals surface area contributed by atoms with Crippen molar-refractivity contribution in [3.63, 3.8) is 0 Å². The van der Waals surface area contributed by atoms with Gasteiger partial charge in [0, 0.05) is 41.7 Å². The number of aliphatic hydroxyl groups excluding tert-OH is 1. The van der Waals surface area contributed by atoms with Gasteiger partial charge in [-0.1, -0.05) is 16.8 Å². The summed E-state index contributed by atoms with van der Waals surface area (Å²) in [5.41, 5.74) is 10.0. The third-order valence-corrected chi connectivity index (χ3v) is 6.12. The average Bonchev–Trinajstić information content (AvgIpc) is 2.95. The SMILES string of the molecule is Cc1ccc(NCc2cc(NC(=O)CO)cc(OC(C)C)c2CCC(=O)O)c(C(=O)Nc2ccc(/C(N)=N/O)cc2)c1. The quantitative estimate of drug-likeness (QED) is 0.0686. The lowest BCUT2D eigenvalue weighted by Crippen LogP contribution is -2.18. The third kappa shape index (κ3) is 8.70. The van der Waals surface area contributed by atoms with Gasteiger partial charge in [0.2, 0.25) is 5.91 Å². The van der Waals surface area contributed by atoms with Crippen molar-refractivity contribution in [2.45, 2.75) is 46.3 Å². The fourth-order valence-corrected chi connectivity index (χ4v) is 4.18. The molecular formula is C30H35N5O7. The molecule has 0 saturated heterocycles. The molecule has 0 unspecified atom stereocenters. The summed E-state index contributed by atoms with van der Waals surface area (Å²) in [4.78, 5) is 36.6. The molecule has 0 heterocycles. The highest BCUT2D eigenvalue weighted by Gasteiger charge is 2.18. The number of hydrogen-bond acceptors (Lipinski definition) is 8. The van der Waals surface area contributed by atoms with E-state index in [1.807, 2.05) is 26.8 Å². The van der Waals surface area contributed by atoms with Gasteiger partial charge >= 0.3 is 5.97 Å². The van der Waals surface area contributed by atoms with Crippen LogP contribution in [0.3, 0.4) is 0 Å². The minimum atomic E-state index is -0.973. The molecule has 0 aliphatic carbocycles. The number of nitrogens with zero attached hydrogens (tertiary/aromatic N) is 1. The van der Waals surface area contributed by atoms with Crippen LogP contribution in [0.1, 0.15) is 52.9 Å². The molecule has 0 aliphatic heterocycles. The van der Waals surface area contributed by atoms with Crippen LogP contribution in [-0.4, -0.2) is 51.8 Å². The van der Waals surface area contributed by atoms with E-state index in [1.54, 1.807) is 48.5 Å². The number of hydrogen-bond donors (Lipinski definition) is 7. The Labute approximate surface area is 243 Å². The molecule has 3 aromatic carbocycles. The van der Waals surface area contributed by atoms with Gasteiger partial charge in [-0.2, -0.15) is 0 Å². The molecule has 222 valence electrons. The first-order chi connectivity index (χ1) is 20.0. The maximum atomic E-state index is 13.3. The Morgan fingerprint density at radius 1 is 1.00 bits per heavy atom. The van der Waals surface area contributed by atoms with Crippen LogP contribution in [0.25, 0.3) is 0 Å². The van der Waals surface area contributed by atoms with Crippen LogP contribution < -0.4 is 26.4 Å². The number of anilines is 3. The second kappa shape index (κ2) is 14.5. The number of amides is 2. The summed E-state index contributed by atoms with van der Waals surface area (Å²) in [7, 11) is 0. The molecule has 0 radical (unpaired) electrons. The normalized spacial score (nSPS) is 11.2. The van der Waals surface area contributed by atoms with Gasteiger partial charge in [-0.15, -0.1) is 0 Å². The van der Waals surface area contributed by atoms with Crippen molar-refractivity contribution >= 4 is 40.7 Å². The number of nitrogens with two attached hydrogens (primary N) is 1. The van der Waals surface area contributed by atoms with Crippen molar-refractivity contribution < 1.29 is 34.5 Å². The van der Waals surface area contributed by atoms with Crippen molar-refractivity contribution in [2.24, 2.45) is 10.9 Å². The minimum absolute atomic E-state index is 0.0530. The first-order valence-corrected chi connectivity index (χ1v) is 13.2. The number of carbonyl (C=O) groups is 3. The monoisotopic (exact) mass is 577 g/mol. The Morgan fingerprint density at radius 2 is 1.71 bits per heavy atom. The van der Waals surface area contributed by atoms with Crippen LogP contribution in [0.2, 0.25) is 0 Å². The second-order valence-electron chi connectivity index (χ2n) is 9.80. The van der Waals surface area contributed by atoms with Crippen molar-refractivity contribution in [3.8, 4) is 5.75 Å². The summed E-state index contributed by atoms with van der Waals surface area (Å²) in [5.74, 6) is -1.60. The number of rotatable bonds is 13. The highest BCUT2D eigenvalue weighted by atomic mass is 16.5. The standard InChI is InChI=1S/C30H35N5O7/c1-17(2)42-26-14-22(33-27(37)16-36)13-20(23(26)9-11-28(38)39)15-32-25-10-4-18(3)12-24(25)30(40)34-21-7-5-19(6-8-21)29(31)35-41/h4-8,10,12-14,17,32,36,41H,9,11,15-16H2,1-3H3,(H2,31,35)(H,33,37)(H,34,40)(H,38,39). The lowest BCUT2D eigenvalue weighted by atomic mass is 9.99. The molecular weight excluding hydrogens is 542 g/mol. The molecule has 0 saturated carbocycles. The van der Waals surface area contributed by atoms with Crippen LogP contribution in [0.4, 0.5) is 17.1 Å². The summed E-state index contributed by atoms with van der Waals surface area (Å²) >= 11 is 0. The van der Waals surface area contributed by atoms with Gasteiger partial charge in [-0.05, 0) is 80.8 Å². The molecule has 8 N–H and O–H groups in total. The van der Waals surface area contributed by atoms with E-state index in [0.29, 0.717) is 45.1 Å². The molecule has 42 heavy (non-hydrogen) atoms. The van der Waals surface area contributed by atoms with Gasteiger partial charge in [-0.3, -0.25) is 14.4 Å². The van der Waals surface area contributed by atoms with Gasteiger partial charge in [0.25, 0.3) is 5.91 Å². The van der Waals surface area contributed by atoms with E-state index in [1.165, 1.54) is 0 Å². The Hall–Kier alpha value is -5.10. The smallest absolute Gasteiger partial charge is 0.303 e. The van der Waals surface area contributed by atoms with E-state index >= 15 is 0 Å². The lowest BCUT2D eigenvalue weighted by molar-refractivity contribution is -0.137. The fourth-order valence-electron chi connectivity index (χ4n) is 4.18. The molecule has 2 amide bonds. The number of aryl methyl sites for hydroxylation is 1. The number of amidine groups is 1. The van der Waals surface area contributed by atoms with E-state index in [-0.39, 0.29) is 37.2 Å². The van der Waals surface area contributed by atoms with Crippen molar-refractivity contribution in [1.82, 2.24) is 0 Å². The van der Waals surface area contributed by atoms with Gasteiger partial charge in [-0.25, -0.2) is 0 Å². The third-order valence-electron chi connectivity index (χ3n) is 6.12. The van der Waals surface area contributed by atoms with Crippen LogP contribution >= 0.6 is 0 Å². The number of oxime groups is 1. The number of carboxylic acid groups (broad SMARTS) is 1. The molecule has 0 aliphatic rings. The van der Waals surface area contributed by atoms with Gasteiger partial charge < -0.3 is 41.8 Å². The first kappa shape index (κ1) is 31.4. The van der Waals surface area contributed by atoms with Gasteiger partial charge in [0.1, 0.15) is 12.4 Å². The van der Waals surface area contributed by atoms with Crippen LogP contribution in [0.15, 0.2) is 59.8 Å². The Bertz CT molecular complexity index is 1470. The van der Waals surface area contributed by atoms with Crippen molar-refractivity contribution in [3.05, 3.63) is 82.4 Å². The van der Waals surface area contributed by atoms with Gasteiger partial charge in [0.05, 0.1) is 11.7 Å². The molecule has 0 spiro atoms. The molecule has 0 aromatic heterocycles. The maximum Gasteiger partial charge on any atom is 0.303 e. The molecule has 0 bridgehead atoms. The molecule has 12 nitrogen and oxygen atoms in total. The molecule has 0 fully saturated rings. The first-order valence-electron chi connectivity index (χ1n) is 13.2. The number of aliphatic carboxylic acids is 1. The second-order valence-corrected chi connectivity index (χ2v) is 9.80. The van der Waals surface area contributed by atoms with E-state index in [0.717, 1.165) is 5.56 Å². The summed E-state index contributed by atoms with van der Waals surface area (Å²) in [6.07, 6.45) is -0.200. The topological polar surface area (TPSA) is 196 Å². The average molecular weight is 578 g/mol. The summed E-state index contributed by atoms with van der Waals surface area (Å²) < 4.78 is 5.97. The van der Waals surface area contributed by atoms with E-state index in [2.05, 4.69) is 21.1 Å². The largest absolute Gasteiger partial charge is 0.491 e. The zero-order valence-corrected chi connectivity index (χ0v) is 23.6. The van der Waals surface area contributed by atoms with Crippen molar-refractivity contribution in [2.75, 3.05) is 22.6 Å². The molecule has 0 atom stereocenters. The molecule has 3 aromatic rings. The molecule has 3 rings (SSSR count). The number of aliphatic hydroxyl groups is 1. The van der Waals surface area contributed by atoms with E-state index in [4.69, 9.17) is 15.7 Å². The number of carboxylic acids is 1. The summed E-state index contributed by atoms with van der Waals surface area (Å²) in [6, 6.07) is 15.1. The highest BCUT2D eigenvalue weighted by molar-refractivity contribution is 6.08. The van der Waals surface area contributed by atoms with Crippen molar-refractivity contribution in [1.29, 1.82) is 0 Å². The zero-order valence-electron chi connectivity index (χ0n) is 23.6. The number of carbonyl (C=O) groups excluding carboxylic acids is 2. The highest BCUT2D eigenvalue weighted by Crippen LogP contribution is 2.31. The Kier molecular flexibility index (Phi) is 10.9. The zero-order chi connectivity index (χ0) is 30.8. The predicted octanol–water partition coefficient (Wildman–Crippen LogP) is 3.69. The Balaban J connectivity index is 1.94. The number of ether oxygens (including phenoxy) is 1. The summed E-state index contributed by atoms with van der Waals surface area (Å²) in [6.45, 7) is 4.99. The minimum Gasteiger partial charge on any atom is -0.491 e.